The molecule has 0 aliphatic carbocycles. The van der Waals surface area contributed by atoms with E-state index in [9.17, 15) is 4.79 Å². The average Bonchev–Trinajstić information content (AvgIpc) is 3.06. The van der Waals surface area contributed by atoms with Crippen LogP contribution in [0.5, 0.6) is 0 Å². The molecule has 134 valence electrons. The Bertz CT molecular complexity index is 845. The zero-order valence-corrected chi connectivity index (χ0v) is 15.7. The molecule has 0 bridgehead atoms. The monoisotopic (exact) mass is 346 g/mol. The van der Waals surface area contributed by atoms with Gasteiger partial charge in [0.05, 0.1) is 6.54 Å². The highest BCUT2D eigenvalue weighted by molar-refractivity contribution is 5.94. The molecule has 0 atom stereocenters. The van der Waals surface area contributed by atoms with E-state index in [-0.39, 0.29) is 11.4 Å². The van der Waals surface area contributed by atoms with Gasteiger partial charge in [-0.3, -0.25) is 4.79 Å². The second kappa shape index (κ2) is 7.61. The Morgan fingerprint density at radius 3 is 2.12 bits per heavy atom. The van der Waals surface area contributed by atoms with E-state index in [2.05, 4.69) is 61.9 Å². The van der Waals surface area contributed by atoms with Crippen molar-refractivity contribution in [1.29, 1.82) is 0 Å². The molecule has 3 heteroatoms. The zero-order chi connectivity index (χ0) is 18.6. The fraction of sp³-hybridized carbons (Fsp3) is 0.261. The Morgan fingerprint density at radius 2 is 1.50 bits per heavy atom. The van der Waals surface area contributed by atoms with Crippen LogP contribution >= 0.6 is 0 Å². The molecule has 0 radical (unpaired) electrons. The van der Waals surface area contributed by atoms with Gasteiger partial charge < -0.3 is 9.47 Å². The summed E-state index contributed by atoms with van der Waals surface area (Å²) in [4.78, 5) is 15.0. The summed E-state index contributed by atoms with van der Waals surface area (Å²) in [6, 6.07) is 24.0. The van der Waals surface area contributed by atoms with Crippen molar-refractivity contribution in [2.45, 2.75) is 39.4 Å². The minimum absolute atomic E-state index is 0.0607. The van der Waals surface area contributed by atoms with Crippen molar-refractivity contribution in [2.75, 3.05) is 0 Å². The lowest BCUT2D eigenvalue weighted by Crippen LogP contribution is -2.45. The van der Waals surface area contributed by atoms with Crippen LogP contribution < -0.4 is 0 Å². The highest BCUT2D eigenvalue weighted by Crippen LogP contribution is 2.21. The number of carbonyl (C=O) groups excluding carboxylic acids is 1. The Kier molecular flexibility index (Phi) is 5.27. The lowest BCUT2D eigenvalue weighted by atomic mass is 10.0. The van der Waals surface area contributed by atoms with Gasteiger partial charge in [-0.1, -0.05) is 48.5 Å². The summed E-state index contributed by atoms with van der Waals surface area (Å²) < 4.78 is 2.21. The number of carbonyl (C=O) groups is 1. The summed E-state index contributed by atoms with van der Waals surface area (Å²) in [6.45, 7) is 7.63. The van der Waals surface area contributed by atoms with Crippen molar-refractivity contribution < 1.29 is 4.79 Å². The van der Waals surface area contributed by atoms with E-state index in [1.54, 1.807) is 0 Å². The number of hydrogen-bond acceptors (Lipinski definition) is 1. The molecule has 0 aliphatic rings. The fourth-order valence-corrected chi connectivity index (χ4v) is 3.04. The Labute approximate surface area is 155 Å². The lowest BCUT2D eigenvalue weighted by Gasteiger charge is -2.36. The fourth-order valence-electron chi connectivity index (χ4n) is 3.04. The normalized spacial score (nSPS) is 11.3. The summed E-state index contributed by atoms with van der Waals surface area (Å²) in [5.74, 6) is 0.0607. The highest BCUT2D eigenvalue weighted by atomic mass is 16.2. The molecule has 0 spiro atoms. The van der Waals surface area contributed by atoms with Crippen molar-refractivity contribution in [3.8, 4) is 0 Å². The topological polar surface area (TPSA) is 25.2 Å². The predicted molar refractivity (Wildman–Crippen MR) is 106 cm³/mol. The number of amides is 1. The van der Waals surface area contributed by atoms with E-state index < -0.39 is 0 Å². The molecule has 1 aromatic heterocycles. The molecule has 0 aliphatic heterocycles. The molecular formula is C23H26N2O. The van der Waals surface area contributed by atoms with Crippen LogP contribution in [0, 0.1) is 0 Å². The second-order valence-electron chi connectivity index (χ2n) is 7.54. The lowest BCUT2D eigenvalue weighted by molar-refractivity contribution is 0.0552. The number of nitrogens with zero attached hydrogens (tertiary/aromatic N) is 2. The summed E-state index contributed by atoms with van der Waals surface area (Å²) in [5, 5.41) is 0. The van der Waals surface area contributed by atoms with Crippen LogP contribution in [0.15, 0.2) is 79.0 Å². The molecular weight excluding hydrogens is 320 g/mol. The zero-order valence-electron chi connectivity index (χ0n) is 15.7. The molecule has 0 unspecified atom stereocenters. The van der Waals surface area contributed by atoms with Crippen LogP contribution in [0.1, 0.15) is 42.4 Å². The first kappa shape index (κ1) is 18.0. The molecule has 3 rings (SSSR count). The Hall–Kier alpha value is -2.81. The molecule has 1 heterocycles. The first-order valence-corrected chi connectivity index (χ1v) is 9.00. The summed E-state index contributed by atoms with van der Waals surface area (Å²) in [5.41, 5.74) is 2.84. The van der Waals surface area contributed by atoms with Crippen LogP contribution in [0.25, 0.3) is 0 Å². The maximum absolute atomic E-state index is 13.1. The van der Waals surface area contributed by atoms with Crippen molar-refractivity contribution in [3.05, 3.63) is 95.8 Å². The van der Waals surface area contributed by atoms with Gasteiger partial charge in [0.1, 0.15) is 0 Å². The molecule has 3 nitrogen and oxygen atoms in total. The molecule has 3 aromatic rings. The molecule has 0 saturated heterocycles. The summed E-state index contributed by atoms with van der Waals surface area (Å²) in [6.07, 6.45) is 2.08. The quantitative estimate of drug-likeness (QED) is 0.640. The third kappa shape index (κ3) is 4.23. The number of benzene rings is 2. The molecule has 2 aromatic carbocycles. The third-order valence-corrected chi connectivity index (χ3v) is 4.52. The molecule has 0 N–H and O–H groups in total. The molecule has 1 amide bonds. The van der Waals surface area contributed by atoms with Crippen molar-refractivity contribution in [3.63, 3.8) is 0 Å². The standard InChI is InChI=1S/C23H26N2O/c1-23(2,3)25(22(26)20-13-8-5-9-14-20)18-21-15-10-16-24(21)17-19-11-6-4-7-12-19/h4-16H,17-18H2,1-3H3. The average molecular weight is 346 g/mol. The van der Waals surface area contributed by atoms with Gasteiger partial charge in [0.25, 0.3) is 5.91 Å². The summed E-state index contributed by atoms with van der Waals surface area (Å²) in [7, 11) is 0. The van der Waals surface area contributed by atoms with Gasteiger partial charge in [0.15, 0.2) is 0 Å². The highest BCUT2D eigenvalue weighted by Gasteiger charge is 2.28. The van der Waals surface area contributed by atoms with Gasteiger partial charge in [0.2, 0.25) is 0 Å². The van der Waals surface area contributed by atoms with Crippen molar-refractivity contribution in [2.24, 2.45) is 0 Å². The SMILES string of the molecule is CC(C)(C)N(Cc1cccn1Cc1ccccc1)C(=O)c1ccccc1. The van der Waals surface area contributed by atoms with Crippen LogP contribution in [-0.4, -0.2) is 20.9 Å². The van der Waals surface area contributed by atoms with Crippen LogP contribution in [0.4, 0.5) is 0 Å². The first-order valence-electron chi connectivity index (χ1n) is 9.00. The minimum Gasteiger partial charge on any atom is -0.345 e. The van der Waals surface area contributed by atoms with E-state index in [1.165, 1.54) is 5.56 Å². The van der Waals surface area contributed by atoms with Crippen LogP contribution in [0.2, 0.25) is 0 Å². The minimum atomic E-state index is -0.269. The Balaban J connectivity index is 1.85. The number of aromatic nitrogens is 1. The van der Waals surface area contributed by atoms with Gasteiger partial charge in [-0.05, 0) is 50.6 Å². The summed E-state index contributed by atoms with van der Waals surface area (Å²) >= 11 is 0. The van der Waals surface area contributed by atoms with Gasteiger partial charge in [-0.15, -0.1) is 0 Å². The third-order valence-electron chi connectivity index (χ3n) is 4.52. The predicted octanol–water partition coefficient (Wildman–Crippen LogP) is 4.98. The second-order valence-corrected chi connectivity index (χ2v) is 7.54. The van der Waals surface area contributed by atoms with Crippen molar-refractivity contribution >= 4 is 5.91 Å². The van der Waals surface area contributed by atoms with E-state index in [4.69, 9.17) is 0 Å². The Morgan fingerprint density at radius 1 is 0.885 bits per heavy atom. The number of rotatable bonds is 5. The van der Waals surface area contributed by atoms with E-state index >= 15 is 0 Å². The van der Waals surface area contributed by atoms with Gasteiger partial charge in [-0.25, -0.2) is 0 Å². The van der Waals surface area contributed by atoms with E-state index in [0.717, 1.165) is 17.8 Å². The van der Waals surface area contributed by atoms with Crippen LogP contribution in [0.3, 0.4) is 0 Å². The molecule has 26 heavy (non-hydrogen) atoms. The smallest absolute Gasteiger partial charge is 0.254 e. The van der Waals surface area contributed by atoms with Crippen molar-refractivity contribution in [1.82, 2.24) is 9.47 Å². The maximum Gasteiger partial charge on any atom is 0.254 e. The van der Waals surface area contributed by atoms with E-state index in [1.807, 2.05) is 47.4 Å². The van der Waals surface area contributed by atoms with E-state index in [0.29, 0.717) is 6.54 Å². The first-order chi connectivity index (χ1) is 12.4. The molecule has 0 saturated carbocycles. The largest absolute Gasteiger partial charge is 0.345 e. The molecule has 0 fully saturated rings. The van der Waals surface area contributed by atoms with Gasteiger partial charge in [-0.2, -0.15) is 0 Å². The van der Waals surface area contributed by atoms with Gasteiger partial charge in [0, 0.05) is 29.5 Å². The maximum atomic E-state index is 13.1. The van der Waals surface area contributed by atoms with Crippen LogP contribution in [-0.2, 0) is 13.1 Å². The number of hydrogen-bond donors (Lipinski definition) is 0. The van der Waals surface area contributed by atoms with Gasteiger partial charge >= 0.3 is 0 Å².